The highest BCUT2D eigenvalue weighted by atomic mass is 32.2. The largest absolute Gasteiger partial charge is 0.593 e. The molecule has 5 aliphatic heterocycles. The molecule has 86 heavy (non-hydrogen) atoms. The Morgan fingerprint density at radius 2 is 1.69 bits per heavy atom. The van der Waals surface area contributed by atoms with Crippen molar-refractivity contribution in [3.05, 3.63) is 101 Å². The van der Waals surface area contributed by atoms with Gasteiger partial charge in [-0.15, -0.1) is 4.31 Å². The Labute approximate surface area is 508 Å². The van der Waals surface area contributed by atoms with Crippen molar-refractivity contribution in [2.75, 3.05) is 39.9 Å². The van der Waals surface area contributed by atoms with E-state index in [1.165, 1.54) is 5.01 Å². The number of cyclic esters (lactones) is 1. The Hall–Kier alpha value is -6.64. The molecule has 19 heteroatoms. The summed E-state index contributed by atoms with van der Waals surface area (Å²) in [6, 6.07) is 19.7. The summed E-state index contributed by atoms with van der Waals surface area (Å²) in [5.41, 5.74) is 8.72. The van der Waals surface area contributed by atoms with Gasteiger partial charge in [-0.25, -0.2) is 5.43 Å². The fourth-order valence-corrected chi connectivity index (χ4v) is 15.0. The van der Waals surface area contributed by atoms with Crippen LogP contribution in [0, 0.1) is 35.0 Å². The number of carbonyl (C=O) groups excluding carboxylic acids is 6. The van der Waals surface area contributed by atoms with E-state index in [0.717, 1.165) is 57.4 Å². The predicted molar refractivity (Wildman–Crippen MR) is 327 cm³/mol. The minimum atomic E-state index is -1.50. The third-order valence-corrected chi connectivity index (χ3v) is 20.0. The lowest BCUT2D eigenvalue weighted by Gasteiger charge is -2.37. The molecular formula is C67H84N8O10S. The molecule has 9 atom stereocenters. The van der Waals surface area contributed by atoms with Gasteiger partial charge in [-0.2, -0.15) is 0 Å². The third-order valence-electron chi connectivity index (χ3n) is 18.5. The highest BCUT2D eigenvalue weighted by Crippen LogP contribution is 2.52. The lowest BCUT2D eigenvalue weighted by Crippen LogP contribution is -2.62. The van der Waals surface area contributed by atoms with Crippen molar-refractivity contribution < 1.29 is 47.5 Å². The van der Waals surface area contributed by atoms with Gasteiger partial charge in [0.1, 0.15) is 23.9 Å². The van der Waals surface area contributed by atoms with Gasteiger partial charge in [-0.3, -0.25) is 38.8 Å². The predicted octanol–water partition coefficient (Wildman–Crippen LogP) is 8.67. The van der Waals surface area contributed by atoms with E-state index in [2.05, 4.69) is 54.3 Å². The van der Waals surface area contributed by atoms with Crippen molar-refractivity contribution in [2.24, 2.45) is 28.1 Å². The first-order valence-corrected chi connectivity index (χ1v) is 31.9. The number of fused-ring (bicyclic) bond motifs is 6. The zero-order valence-electron chi connectivity index (χ0n) is 51.7. The molecule has 0 radical (unpaired) electrons. The average molecular weight is 1190 g/mol. The van der Waals surface area contributed by atoms with E-state index >= 15 is 14.4 Å². The fraction of sp³-hybridized carbons (Fsp3) is 0.537. The molecule has 6 bridgehead atoms. The van der Waals surface area contributed by atoms with Crippen LogP contribution in [0.4, 0.5) is 0 Å². The third kappa shape index (κ3) is 11.9. The van der Waals surface area contributed by atoms with Gasteiger partial charge in [0.05, 0.1) is 52.3 Å². The SMILES string of the molecule is CCn1c(-c2cccnc2[C@H](C)OC)c2c3cc(ccc31)-c1cc(cc(OC(=O)C(C)(C)C)c1)C[C@H](NC(=O)[C@H](C(C)C)N1CC[C@]3(CCN(C(=O)[C@H]4[C@@H](C5CC5)N4[S@+]([O-])c4ccc(C)cc4)C3)C1=O)C(=O)N1CCC[C@H](N1)C(=O)OCC(C)(C)C2. The summed E-state index contributed by atoms with van der Waals surface area (Å²) in [6.45, 7) is 21.1. The van der Waals surface area contributed by atoms with Crippen LogP contribution < -0.4 is 15.5 Å². The van der Waals surface area contributed by atoms with Gasteiger partial charge in [0, 0.05) is 74.3 Å². The van der Waals surface area contributed by atoms with Gasteiger partial charge in [0.2, 0.25) is 17.7 Å². The standard InChI is InChI=1S/C67H84N8O10S/c1-12-72-53-24-21-44-35-49(53)50(57(72)48-15-13-27-68-54(48)41(5)83-11)36-66(9,10)38-84-62(79)51-16-14-28-74(70-51)60(77)52(33-42-31-45(44)34-46(32-42)85-64(81)65(6,7)8)69-59(76)55(39(2)3)73-30-26-67(63(73)80)25-29-71(37-67)61(78)58-56(43-19-20-43)75(58)86(82)47-22-17-40(4)18-23-47/h13,15,17-18,21-24,27,31-32,34-35,39,41,43,51-52,55-56,58,70H,12,14,16,19-20,25-26,28-30,33,36-38H2,1-11H3,(H,69,76)/t41-,51-,52-,55-,56+,58+,67-,75?,86+/m0/s1. The van der Waals surface area contributed by atoms with Crippen LogP contribution in [-0.2, 0) is 69.0 Å². The molecule has 3 aromatic carbocycles. The zero-order chi connectivity index (χ0) is 61.3. The molecule has 11 rings (SSSR count). The van der Waals surface area contributed by atoms with Crippen molar-refractivity contribution in [3.63, 3.8) is 0 Å². The lowest BCUT2D eigenvalue weighted by atomic mass is 9.84. The van der Waals surface area contributed by atoms with Crippen LogP contribution in [0.1, 0.15) is 129 Å². The quantitative estimate of drug-likeness (QED) is 0.0490. The Bertz CT molecular complexity index is 3460. The summed E-state index contributed by atoms with van der Waals surface area (Å²) in [6.07, 6.45) is 5.64. The van der Waals surface area contributed by atoms with Crippen molar-refractivity contribution in [1.29, 1.82) is 0 Å². The molecule has 7 heterocycles. The molecule has 18 nitrogen and oxygen atoms in total. The van der Waals surface area contributed by atoms with Crippen molar-refractivity contribution in [3.8, 4) is 28.1 Å². The fourth-order valence-electron chi connectivity index (χ4n) is 13.5. The van der Waals surface area contributed by atoms with Crippen LogP contribution in [0.5, 0.6) is 5.75 Å². The number of carbonyl (C=O) groups is 6. The molecule has 1 saturated carbocycles. The highest BCUT2D eigenvalue weighted by Gasteiger charge is 2.68. The van der Waals surface area contributed by atoms with Gasteiger partial charge in [-0.05, 0) is 169 Å². The maximum atomic E-state index is 15.3. The molecule has 1 unspecified atom stereocenters. The monoisotopic (exact) mass is 1190 g/mol. The topological polar surface area (TPSA) is 208 Å². The van der Waals surface area contributed by atoms with E-state index in [1.54, 1.807) is 49.9 Å². The Morgan fingerprint density at radius 3 is 2.38 bits per heavy atom. The molecule has 2 N–H and O–H groups in total. The summed E-state index contributed by atoms with van der Waals surface area (Å²) in [7, 11) is 1.67. The van der Waals surface area contributed by atoms with E-state index in [9.17, 15) is 18.9 Å². The number of aromatic nitrogens is 2. The zero-order valence-corrected chi connectivity index (χ0v) is 52.5. The Balaban J connectivity index is 0.930. The Morgan fingerprint density at radius 1 is 0.942 bits per heavy atom. The minimum Gasteiger partial charge on any atom is -0.593 e. The first kappa shape index (κ1) is 61.0. The number of pyridine rings is 1. The van der Waals surface area contributed by atoms with Crippen molar-refractivity contribution >= 4 is 57.8 Å². The number of hydrazine groups is 1. The van der Waals surface area contributed by atoms with Crippen LogP contribution in [-0.4, -0.2) is 139 Å². The van der Waals surface area contributed by atoms with Crippen LogP contribution in [0.15, 0.2) is 83.9 Å². The molecule has 1 aliphatic carbocycles. The number of amides is 4. The van der Waals surface area contributed by atoms with Gasteiger partial charge in [0.15, 0.2) is 10.9 Å². The second kappa shape index (κ2) is 23.8. The van der Waals surface area contributed by atoms with Crippen LogP contribution >= 0.6 is 0 Å². The smallest absolute Gasteiger partial charge is 0.324 e. The number of likely N-dealkylation sites (tertiary alicyclic amines) is 2. The van der Waals surface area contributed by atoms with Crippen molar-refractivity contribution in [2.45, 2.75) is 168 Å². The van der Waals surface area contributed by atoms with Crippen molar-refractivity contribution in [1.82, 2.24) is 39.4 Å². The second-order valence-corrected chi connectivity index (χ2v) is 28.5. The van der Waals surface area contributed by atoms with E-state index in [4.69, 9.17) is 19.2 Å². The molecule has 4 amide bonds. The number of hydrogen-bond donors (Lipinski definition) is 2. The molecule has 1 spiro atoms. The van der Waals surface area contributed by atoms with Crippen LogP contribution in [0.25, 0.3) is 33.3 Å². The molecule has 4 saturated heterocycles. The Kier molecular flexibility index (Phi) is 16.9. The number of ether oxygens (including phenoxy) is 3. The van der Waals surface area contributed by atoms with Crippen LogP contribution in [0.3, 0.4) is 0 Å². The molecule has 458 valence electrons. The number of aryl methyl sites for hydroxylation is 2. The van der Waals surface area contributed by atoms with Gasteiger partial charge in [0.25, 0.3) is 5.91 Å². The molecule has 2 aromatic heterocycles. The summed E-state index contributed by atoms with van der Waals surface area (Å²) in [4.78, 5) is 97.1. The number of benzene rings is 3. The molecule has 6 aliphatic rings. The first-order chi connectivity index (χ1) is 40.9. The molecule has 5 fully saturated rings. The minimum absolute atomic E-state index is 0.0558. The van der Waals surface area contributed by atoms with E-state index in [1.807, 2.05) is 80.5 Å². The summed E-state index contributed by atoms with van der Waals surface area (Å²) in [5, 5.41) is 5.51. The number of nitrogens with one attached hydrogen (secondary N) is 2. The van der Waals surface area contributed by atoms with Gasteiger partial charge >= 0.3 is 11.9 Å². The van der Waals surface area contributed by atoms with E-state index in [-0.39, 0.29) is 62.4 Å². The average Bonchev–Trinajstić information content (AvgIpc) is 1.69. The lowest BCUT2D eigenvalue weighted by molar-refractivity contribution is -0.155. The number of rotatable bonds is 13. The number of esters is 2. The number of nitrogens with zero attached hydrogens (tertiary/aromatic N) is 6. The molecular weight excluding hydrogens is 1110 g/mol. The van der Waals surface area contributed by atoms with Gasteiger partial charge < -0.3 is 38.4 Å². The maximum Gasteiger partial charge on any atom is 0.324 e. The van der Waals surface area contributed by atoms with E-state index in [0.29, 0.717) is 67.1 Å². The summed E-state index contributed by atoms with van der Waals surface area (Å²) < 4.78 is 36.3. The second-order valence-electron chi connectivity index (χ2n) is 27.1. The van der Waals surface area contributed by atoms with Crippen LogP contribution in [0.2, 0.25) is 0 Å². The summed E-state index contributed by atoms with van der Waals surface area (Å²) >= 11 is -1.50. The number of methoxy groups -OCH3 is 1. The summed E-state index contributed by atoms with van der Waals surface area (Å²) in [5.74, 6) is -2.11. The number of hydrogen-bond acceptors (Lipinski definition) is 13. The highest BCUT2D eigenvalue weighted by molar-refractivity contribution is 7.89. The van der Waals surface area contributed by atoms with Gasteiger partial charge in [-0.1, -0.05) is 57.5 Å². The normalized spacial score (nSPS) is 25.3. The maximum absolute atomic E-state index is 15.3. The first-order valence-electron chi connectivity index (χ1n) is 30.8. The molecule has 5 aromatic rings. The van der Waals surface area contributed by atoms with E-state index < -0.39 is 81.4 Å².